The van der Waals surface area contributed by atoms with Crippen LogP contribution in [0.25, 0.3) is 0 Å². The molecule has 0 fully saturated rings. The number of carboxylic acids is 3. The number of rotatable bonds is 15. The van der Waals surface area contributed by atoms with E-state index in [0.717, 1.165) is 6.08 Å². The fourth-order valence-corrected chi connectivity index (χ4v) is 2.24. The third-order valence-corrected chi connectivity index (χ3v) is 3.94. The van der Waals surface area contributed by atoms with Gasteiger partial charge >= 0.3 is 17.9 Å². The molecule has 10 nitrogen and oxygen atoms in total. The van der Waals surface area contributed by atoms with E-state index < -0.39 is 48.2 Å². The number of amides is 2. The van der Waals surface area contributed by atoms with Crippen molar-refractivity contribution in [1.82, 2.24) is 10.6 Å². The molecular formula is C25H30N2O8. The van der Waals surface area contributed by atoms with Crippen LogP contribution in [0.5, 0.6) is 0 Å². The number of carboxylic acid groups (broad SMARTS) is 3. The molecule has 0 aromatic heterocycles. The average Bonchev–Trinajstić information content (AvgIpc) is 2.76. The minimum Gasteiger partial charge on any atom is -0.481 e. The Bertz CT molecular complexity index is 953. The van der Waals surface area contributed by atoms with E-state index >= 15 is 0 Å². The van der Waals surface area contributed by atoms with Crippen LogP contribution in [-0.4, -0.2) is 57.1 Å². The molecular weight excluding hydrogens is 456 g/mol. The van der Waals surface area contributed by atoms with E-state index in [-0.39, 0.29) is 5.92 Å². The molecule has 0 rings (SSSR count). The van der Waals surface area contributed by atoms with Gasteiger partial charge in [-0.05, 0) is 5.92 Å². The number of hydrogen-bond acceptors (Lipinski definition) is 5. The van der Waals surface area contributed by atoms with Crippen LogP contribution in [0.1, 0.15) is 20.3 Å². The number of nitrogens with one attached hydrogen (secondary N) is 2. The van der Waals surface area contributed by atoms with Gasteiger partial charge in [0.2, 0.25) is 11.8 Å². The van der Waals surface area contributed by atoms with Gasteiger partial charge in [-0.1, -0.05) is 86.8 Å². The van der Waals surface area contributed by atoms with Crippen molar-refractivity contribution in [3.8, 4) is 0 Å². The average molecular weight is 487 g/mol. The molecule has 188 valence electrons. The largest absolute Gasteiger partial charge is 0.481 e. The first-order valence-corrected chi connectivity index (χ1v) is 10.5. The monoisotopic (exact) mass is 486 g/mol. The third-order valence-electron chi connectivity index (χ3n) is 3.94. The fraction of sp³-hybridized carbons (Fsp3) is 0.240. The van der Waals surface area contributed by atoms with E-state index in [4.69, 9.17) is 15.3 Å². The molecule has 0 radical (unpaired) electrons. The van der Waals surface area contributed by atoms with Gasteiger partial charge in [-0.2, -0.15) is 0 Å². The lowest BCUT2D eigenvalue weighted by Crippen LogP contribution is -2.43. The molecule has 35 heavy (non-hydrogen) atoms. The number of aliphatic carboxylic acids is 3. The molecule has 0 aromatic carbocycles. The third kappa shape index (κ3) is 16.8. The highest BCUT2D eigenvalue weighted by atomic mass is 16.4. The highest BCUT2D eigenvalue weighted by molar-refractivity contribution is 5.92. The molecule has 0 bridgehead atoms. The Balaban J connectivity index is 4.34. The number of carbonyl (C=O) groups excluding carboxylic acids is 2. The minimum atomic E-state index is -1.50. The smallest absolute Gasteiger partial charge is 0.326 e. The SMILES string of the molecule is CC(C)C(NC(=O)C=CC=CC=CC=CC=CC=CC=CC(=O)NC(CC(=O)O)C(=O)O)C(=O)O. The van der Waals surface area contributed by atoms with E-state index in [1.807, 2.05) is 0 Å². The van der Waals surface area contributed by atoms with E-state index in [9.17, 15) is 24.0 Å². The maximum absolute atomic E-state index is 11.7. The summed E-state index contributed by atoms with van der Waals surface area (Å²) in [5.41, 5.74) is 0. The van der Waals surface area contributed by atoms with Gasteiger partial charge in [0.15, 0.2) is 0 Å². The van der Waals surface area contributed by atoms with Crippen molar-refractivity contribution in [2.24, 2.45) is 5.92 Å². The Morgan fingerprint density at radius 3 is 1.29 bits per heavy atom. The van der Waals surface area contributed by atoms with Crippen LogP contribution in [0.2, 0.25) is 0 Å². The highest BCUT2D eigenvalue weighted by Gasteiger charge is 2.22. The predicted molar refractivity (Wildman–Crippen MR) is 130 cm³/mol. The van der Waals surface area contributed by atoms with Gasteiger partial charge in [-0.25, -0.2) is 9.59 Å². The Morgan fingerprint density at radius 1 is 0.600 bits per heavy atom. The molecule has 0 aliphatic heterocycles. The second-order valence-corrected chi connectivity index (χ2v) is 7.21. The standard InChI is InChI=1S/C25H30N2O8/c1-18(2)23(25(34)35)27-21(29)16-14-12-10-8-6-4-3-5-7-9-11-13-15-20(28)26-19(24(32)33)17-22(30)31/h3-16,18-19,23H,17H2,1-2H3,(H,26,28)(H,27,29)(H,30,31)(H,32,33)(H,34,35). The summed E-state index contributed by atoms with van der Waals surface area (Å²) in [6.45, 7) is 3.41. The summed E-state index contributed by atoms with van der Waals surface area (Å²) in [6, 6.07) is -2.44. The lowest BCUT2D eigenvalue weighted by molar-refractivity contribution is -0.146. The molecule has 2 amide bonds. The molecule has 2 unspecified atom stereocenters. The van der Waals surface area contributed by atoms with Crippen molar-refractivity contribution in [2.45, 2.75) is 32.4 Å². The summed E-state index contributed by atoms with van der Waals surface area (Å²) in [6.07, 6.45) is 21.4. The highest BCUT2D eigenvalue weighted by Crippen LogP contribution is 2.01. The van der Waals surface area contributed by atoms with Crippen molar-refractivity contribution >= 4 is 29.7 Å². The van der Waals surface area contributed by atoms with Crippen LogP contribution in [0, 0.1) is 5.92 Å². The van der Waals surface area contributed by atoms with Crippen molar-refractivity contribution in [3.63, 3.8) is 0 Å². The molecule has 0 saturated carbocycles. The Hall–Kier alpha value is -4.47. The van der Waals surface area contributed by atoms with Crippen molar-refractivity contribution in [3.05, 3.63) is 85.1 Å². The van der Waals surface area contributed by atoms with Crippen LogP contribution in [0.4, 0.5) is 0 Å². The Labute approximate surface area is 203 Å². The van der Waals surface area contributed by atoms with Crippen LogP contribution in [-0.2, 0) is 24.0 Å². The van der Waals surface area contributed by atoms with Crippen LogP contribution < -0.4 is 10.6 Å². The van der Waals surface area contributed by atoms with Gasteiger partial charge < -0.3 is 26.0 Å². The van der Waals surface area contributed by atoms with E-state index in [1.165, 1.54) is 24.3 Å². The first-order valence-electron chi connectivity index (χ1n) is 10.5. The first-order chi connectivity index (χ1) is 16.5. The van der Waals surface area contributed by atoms with Crippen molar-refractivity contribution in [1.29, 1.82) is 0 Å². The summed E-state index contributed by atoms with van der Waals surface area (Å²) >= 11 is 0. The Kier molecular flexibility index (Phi) is 15.7. The van der Waals surface area contributed by atoms with Crippen molar-refractivity contribution < 1.29 is 39.3 Å². The van der Waals surface area contributed by atoms with Crippen LogP contribution in [0.3, 0.4) is 0 Å². The van der Waals surface area contributed by atoms with E-state index in [0.29, 0.717) is 0 Å². The summed E-state index contributed by atoms with van der Waals surface area (Å²) in [5.74, 6) is -5.28. The minimum absolute atomic E-state index is 0.229. The summed E-state index contributed by atoms with van der Waals surface area (Å²) < 4.78 is 0. The topological polar surface area (TPSA) is 170 Å². The number of carbonyl (C=O) groups is 5. The second-order valence-electron chi connectivity index (χ2n) is 7.21. The summed E-state index contributed by atoms with van der Waals surface area (Å²) in [4.78, 5) is 55.8. The van der Waals surface area contributed by atoms with Crippen LogP contribution >= 0.6 is 0 Å². The maximum atomic E-state index is 11.7. The van der Waals surface area contributed by atoms with Crippen LogP contribution in [0.15, 0.2) is 85.1 Å². The zero-order valence-corrected chi connectivity index (χ0v) is 19.4. The van der Waals surface area contributed by atoms with E-state index in [1.54, 1.807) is 68.5 Å². The predicted octanol–water partition coefficient (Wildman–Crippen LogP) is 2.15. The van der Waals surface area contributed by atoms with Gasteiger partial charge in [0.05, 0.1) is 6.42 Å². The molecule has 0 spiro atoms. The lowest BCUT2D eigenvalue weighted by Gasteiger charge is -2.16. The van der Waals surface area contributed by atoms with Gasteiger partial charge in [0.25, 0.3) is 0 Å². The number of hydrogen-bond donors (Lipinski definition) is 5. The van der Waals surface area contributed by atoms with Gasteiger partial charge in [-0.15, -0.1) is 0 Å². The van der Waals surface area contributed by atoms with E-state index in [2.05, 4.69) is 10.6 Å². The van der Waals surface area contributed by atoms with Gasteiger partial charge in [0, 0.05) is 12.2 Å². The molecule has 0 heterocycles. The molecule has 0 aliphatic carbocycles. The van der Waals surface area contributed by atoms with Gasteiger partial charge in [-0.3, -0.25) is 14.4 Å². The van der Waals surface area contributed by atoms with Crippen molar-refractivity contribution in [2.75, 3.05) is 0 Å². The zero-order chi connectivity index (χ0) is 26.6. The lowest BCUT2D eigenvalue weighted by atomic mass is 10.0. The van der Waals surface area contributed by atoms with Gasteiger partial charge in [0.1, 0.15) is 12.1 Å². The molecule has 2 atom stereocenters. The number of allylic oxidation sites excluding steroid dienone is 12. The first kappa shape index (κ1) is 30.5. The normalized spacial score (nSPS) is 14.3. The molecule has 0 saturated heterocycles. The maximum Gasteiger partial charge on any atom is 0.326 e. The molecule has 5 N–H and O–H groups in total. The fourth-order valence-electron chi connectivity index (χ4n) is 2.24. The Morgan fingerprint density at radius 2 is 0.971 bits per heavy atom. The quantitative estimate of drug-likeness (QED) is 0.173. The summed E-state index contributed by atoms with van der Waals surface area (Å²) in [7, 11) is 0. The molecule has 0 aromatic rings. The second kappa shape index (κ2) is 18.0. The molecule has 0 aliphatic rings. The summed E-state index contributed by atoms with van der Waals surface area (Å²) in [5, 5.41) is 31.0. The zero-order valence-electron chi connectivity index (χ0n) is 19.4. The molecule has 10 heteroatoms.